The number of nitrogens with one attached hydrogen (secondary N) is 1. The third-order valence-corrected chi connectivity index (χ3v) is 5.38. The molecule has 3 nitrogen and oxygen atoms in total. The van der Waals surface area contributed by atoms with Gasteiger partial charge >= 0.3 is 0 Å². The lowest BCUT2D eigenvalue weighted by atomic mass is 10.2. The molecule has 1 N–H and O–H groups in total. The van der Waals surface area contributed by atoms with Crippen LogP contribution in [0.5, 0.6) is 5.75 Å². The van der Waals surface area contributed by atoms with Crippen molar-refractivity contribution in [3.05, 3.63) is 63.1 Å². The molecule has 0 saturated carbocycles. The van der Waals surface area contributed by atoms with Crippen LogP contribution in [0, 0.1) is 6.92 Å². The maximum Gasteiger partial charge on any atom is 0.257 e. The van der Waals surface area contributed by atoms with E-state index in [1.165, 1.54) is 5.56 Å². The summed E-state index contributed by atoms with van der Waals surface area (Å²) in [6, 6.07) is 13.5. The first-order valence-electron chi connectivity index (χ1n) is 7.52. The van der Waals surface area contributed by atoms with E-state index in [4.69, 9.17) is 16.3 Å². The Hall–Kier alpha value is -1.17. The number of aryl methyl sites for hydroxylation is 1. The van der Waals surface area contributed by atoms with Crippen LogP contribution in [0.2, 0.25) is 5.02 Å². The molecule has 24 heavy (non-hydrogen) atoms. The summed E-state index contributed by atoms with van der Waals surface area (Å²) in [7, 11) is 0. The minimum atomic E-state index is -0.112. The molecule has 0 bridgehead atoms. The van der Waals surface area contributed by atoms with Crippen LogP contribution in [0.3, 0.4) is 0 Å². The number of benzene rings is 2. The molecular formula is C18H19BrClNO2S. The SMILES string of the molecule is Cc1cc(OCC(=O)NCCSCc2cccc(Cl)c2)ccc1Br. The van der Waals surface area contributed by atoms with E-state index in [9.17, 15) is 4.79 Å². The van der Waals surface area contributed by atoms with Crippen molar-refractivity contribution in [3.63, 3.8) is 0 Å². The summed E-state index contributed by atoms with van der Waals surface area (Å²) in [6.45, 7) is 2.63. The number of halogens is 2. The van der Waals surface area contributed by atoms with Crippen molar-refractivity contribution in [1.29, 1.82) is 0 Å². The molecule has 0 saturated heterocycles. The van der Waals surface area contributed by atoms with Crippen LogP contribution in [0.15, 0.2) is 46.9 Å². The number of ether oxygens (including phenoxy) is 1. The molecule has 0 radical (unpaired) electrons. The van der Waals surface area contributed by atoms with Crippen LogP contribution >= 0.6 is 39.3 Å². The van der Waals surface area contributed by atoms with E-state index >= 15 is 0 Å². The van der Waals surface area contributed by atoms with Gasteiger partial charge in [0.1, 0.15) is 5.75 Å². The lowest BCUT2D eigenvalue weighted by molar-refractivity contribution is -0.122. The highest BCUT2D eigenvalue weighted by atomic mass is 79.9. The van der Waals surface area contributed by atoms with Crippen molar-refractivity contribution >= 4 is 45.2 Å². The average molecular weight is 429 g/mol. The quantitative estimate of drug-likeness (QED) is 0.611. The minimum absolute atomic E-state index is 0.0278. The van der Waals surface area contributed by atoms with E-state index in [1.807, 2.05) is 49.4 Å². The summed E-state index contributed by atoms with van der Waals surface area (Å²) in [6.07, 6.45) is 0. The van der Waals surface area contributed by atoms with E-state index in [0.717, 1.165) is 26.6 Å². The second-order valence-corrected chi connectivity index (χ2v) is 7.63. The zero-order valence-corrected chi connectivity index (χ0v) is 16.5. The first-order chi connectivity index (χ1) is 11.5. The van der Waals surface area contributed by atoms with Crippen LogP contribution in [-0.4, -0.2) is 24.8 Å². The summed E-state index contributed by atoms with van der Waals surface area (Å²) >= 11 is 11.1. The highest BCUT2D eigenvalue weighted by molar-refractivity contribution is 9.10. The fraction of sp³-hybridized carbons (Fsp3) is 0.278. The van der Waals surface area contributed by atoms with Gasteiger partial charge in [-0.2, -0.15) is 11.8 Å². The smallest absolute Gasteiger partial charge is 0.257 e. The van der Waals surface area contributed by atoms with Crippen LogP contribution in [0.25, 0.3) is 0 Å². The Bertz CT molecular complexity index is 696. The molecule has 0 aromatic heterocycles. The first-order valence-corrected chi connectivity index (χ1v) is 9.85. The Balaban J connectivity index is 1.60. The fourth-order valence-corrected chi connectivity index (χ4v) is 3.25. The number of amides is 1. The van der Waals surface area contributed by atoms with Crippen LogP contribution in [0.4, 0.5) is 0 Å². The fourth-order valence-electron chi connectivity index (χ4n) is 1.99. The third-order valence-electron chi connectivity index (χ3n) is 3.23. The molecule has 2 aromatic carbocycles. The number of hydrogen-bond donors (Lipinski definition) is 1. The van der Waals surface area contributed by atoms with Gasteiger partial charge in [-0.25, -0.2) is 0 Å². The molecule has 2 aromatic rings. The van der Waals surface area contributed by atoms with Crippen molar-refractivity contribution in [2.45, 2.75) is 12.7 Å². The minimum Gasteiger partial charge on any atom is -0.484 e. The molecule has 0 aliphatic rings. The largest absolute Gasteiger partial charge is 0.484 e. The number of hydrogen-bond acceptors (Lipinski definition) is 3. The Morgan fingerprint density at radius 3 is 2.88 bits per heavy atom. The van der Waals surface area contributed by atoms with Crippen molar-refractivity contribution in [1.82, 2.24) is 5.32 Å². The highest BCUT2D eigenvalue weighted by Gasteiger charge is 2.04. The van der Waals surface area contributed by atoms with Crippen LogP contribution in [-0.2, 0) is 10.5 Å². The van der Waals surface area contributed by atoms with Crippen molar-refractivity contribution < 1.29 is 9.53 Å². The highest BCUT2D eigenvalue weighted by Crippen LogP contribution is 2.21. The summed E-state index contributed by atoms with van der Waals surface area (Å²) in [5, 5.41) is 3.61. The van der Waals surface area contributed by atoms with Gasteiger partial charge in [0.05, 0.1) is 0 Å². The van der Waals surface area contributed by atoms with E-state index in [1.54, 1.807) is 11.8 Å². The van der Waals surface area contributed by atoms with Gasteiger partial charge in [0.2, 0.25) is 0 Å². The lowest BCUT2D eigenvalue weighted by Crippen LogP contribution is -2.30. The Labute approximate surface area is 160 Å². The molecule has 0 atom stereocenters. The predicted molar refractivity (Wildman–Crippen MR) is 105 cm³/mol. The number of carbonyl (C=O) groups is 1. The van der Waals surface area contributed by atoms with E-state index < -0.39 is 0 Å². The van der Waals surface area contributed by atoms with Crippen LogP contribution < -0.4 is 10.1 Å². The molecule has 0 spiro atoms. The molecule has 0 fully saturated rings. The van der Waals surface area contributed by atoms with Gasteiger partial charge in [0, 0.05) is 27.5 Å². The summed E-state index contributed by atoms with van der Waals surface area (Å²) in [5.41, 5.74) is 2.26. The molecule has 128 valence electrons. The van der Waals surface area contributed by atoms with E-state index in [0.29, 0.717) is 12.3 Å². The summed E-state index contributed by atoms with van der Waals surface area (Å²) < 4.78 is 6.51. The van der Waals surface area contributed by atoms with Gasteiger partial charge < -0.3 is 10.1 Å². The molecule has 2 rings (SSSR count). The zero-order chi connectivity index (χ0) is 17.4. The van der Waals surface area contributed by atoms with Gasteiger partial charge in [-0.15, -0.1) is 0 Å². The van der Waals surface area contributed by atoms with Gasteiger partial charge in [-0.3, -0.25) is 4.79 Å². The first kappa shape index (κ1) is 19.2. The number of thioether (sulfide) groups is 1. The topological polar surface area (TPSA) is 38.3 Å². The third kappa shape index (κ3) is 6.75. The molecule has 0 aliphatic carbocycles. The molecular weight excluding hydrogens is 410 g/mol. The average Bonchev–Trinajstić information content (AvgIpc) is 2.56. The standard InChI is InChI=1S/C18H19BrClNO2S/c1-13-9-16(5-6-17(13)19)23-11-18(22)21-7-8-24-12-14-3-2-4-15(20)10-14/h2-6,9-10H,7-8,11-12H2,1H3,(H,21,22). The zero-order valence-electron chi connectivity index (χ0n) is 13.4. The maximum absolute atomic E-state index is 11.8. The second kappa shape index (κ2) is 9.97. The van der Waals surface area contributed by atoms with Crippen LogP contribution in [0.1, 0.15) is 11.1 Å². The van der Waals surface area contributed by atoms with Gasteiger partial charge in [-0.1, -0.05) is 39.7 Å². The molecule has 0 unspecified atom stereocenters. The van der Waals surface area contributed by atoms with Crippen molar-refractivity contribution in [2.75, 3.05) is 18.9 Å². The Morgan fingerprint density at radius 1 is 1.29 bits per heavy atom. The maximum atomic E-state index is 11.8. The van der Waals surface area contributed by atoms with E-state index in [-0.39, 0.29) is 12.5 Å². The summed E-state index contributed by atoms with van der Waals surface area (Å²) in [4.78, 5) is 11.8. The Morgan fingerprint density at radius 2 is 2.12 bits per heavy atom. The predicted octanol–water partition coefficient (Wildman–Crippen LogP) is 4.84. The molecule has 1 amide bonds. The second-order valence-electron chi connectivity index (χ2n) is 5.23. The molecule has 6 heteroatoms. The number of rotatable bonds is 8. The number of carbonyl (C=O) groups excluding carboxylic acids is 1. The van der Waals surface area contributed by atoms with Gasteiger partial charge in [0.25, 0.3) is 5.91 Å². The van der Waals surface area contributed by atoms with E-state index in [2.05, 4.69) is 21.2 Å². The van der Waals surface area contributed by atoms with Crippen molar-refractivity contribution in [3.8, 4) is 5.75 Å². The van der Waals surface area contributed by atoms with Gasteiger partial charge in [0.15, 0.2) is 6.61 Å². The normalized spacial score (nSPS) is 10.5. The summed E-state index contributed by atoms with van der Waals surface area (Å²) in [5.74, 6) is 2.31. The molecule has 0 aliphatic heterocycles. The monoisotopic (exact) mass is 427 g/mol. The Kier molecular flexibility index (Phi) is 7.95. The van der Waals surface area contributed by atoms with Gasteiger partial charge in [-0.05, 0) is 48.4 Å². The van der Waals surface area contributed by atoms with Crippen molar-refractivity contribution in [2.24, 2.45) is 0 Å². The lowest BCUT2D eigenvalue weighted by Gasteiger charge is -2.09. The molecule has 0 heterocycles.